The zero-order valence-electron chi connectivity index (χ0n) is 6.39. The van der Waals surface area contributed by atoms with Crippen LogP contribution in [0.3, 0.4) is 0 Å². The summed E-state index contributed by atoms with van der Waals surface area (Å²) in [6.07, 6.45) is 0. The normalized spacial score (nSPS) is 10.7. The van der Waals surface area contributed by atoms with Crippen LogP contribution in [0.15, 0.2) is 0 Å². The minimum absolute atomic E-state index is 0. The maximum atomic E-state index is 7.56. The first-order chi connectivity index (χ1) is 4.00. The standard InChI is InChI=1S/Na.2H3O3PS.H/c;2*1-4(2,3)5;/h;2*(H3,1,2,3,5);/q+1;;;-1. The van der Waals surface area contributed by atoms with Gasteiger partial charge < -0.3 is 30.8 Å². The van der Waals surface area contributed by atoms with E-state index in [9.17, 15) is 0 Å². The summed E-state index contributed by atoms with van der Waals surface area (Å²) in [7, 11) is 0. The molecule has 0 spiro atoms. The molecule has 0 saturated heterocycles. The van der Waals surface area contributed by atoms with Crippen molar-refractivity contribution >= 4 is 37.1 Å². The van der Waals surface area contributed by atoms with Crippen molar-refractivity contribution in [2.45, 2.75) is 0 Å². The Morgan fingerprint density at radius 2 is 0.727 bits per heavy atom. The maximum absolute atomic E-state index is 7.56. The molecule has 6 nitrogen and oxygen atoms in total. The molecule has 6 N–H and O–H groups in total. The summed E-state index contributed by atoms with van der Waals surface area (Å²) < 4.78 is 0. The molecular formula is H7NaO6P2S2. The van der Waals surface area contributed by atoms with Crippen LogP contribution in [0.25, 0.3) is 0 Å². The van der Waals surface area contributed by atoms with Crippen LogP contribution >= 0.6 is 13.4 Å². The molecule has 0 unspecified atom stereocenters. The molecule has 0 rings (SSSR count). The predicted octanol–water partition coefficient (Wildman–Crippen LogP) is -4.51. The summed E-state index contributed by atoms with van der Waals surface area (Å²) in [6.45, 7) is -7.61. The monoisotopic (exact) mass is 252 g/mol. The predicted molar refractivity (Wildman–Crippen MR) is 43.0 cm³/mol. The van der Waals surface area contributed by atoms with Crippen LogP contribution in [0, 0.1) is 0 Å². The molecule has 11 heavy (non-hydrogen) atoms. The fourth-order valence-corrected chi connectivity index (χ4v) is 0. The van der Waals surface area contributed by atoms with Crippen molar-refractivity contribution in [1.82, 2.24) is 0 Å². The van der Waals surface area contributed by atoms with Crippen molar-refractivity contribution in [3.8, 4) is 0 Å². The van der Waals surface area contributed by atoms with E-state index >= 15 is 0 Å². The first kappa shape index (κ1) is 18.8. The zero-order valence-corrected chi connectivity index (χ0v) is 10.8. The Labute approximate surface area is 96.8 Å². The molecule has 0 atom stereocenters. The second-order valence-corrected chi connectivity index (χ2v) is 6.02. The molecule has 0 aliphatic heterocycles. The van der Waals surface area contributed by atoms with Gasteiger partial charge in [-0.15, -0.1) is 0 Å². The summed E-state index contributed by atoms with van der Waals surface area (Å²) in [6, 6.07) is 0. The van der Waals surface area contributed by atoms with Crippen LogP contribution in [0.1, 0.15) is 1.43 Å². The second kappa shape index (κ2) is 7.46. The van der Waals surface area contributed by atoms with Gasteiger partial charge in [-0.25, -0.2) is 0 Å². The molecule has 11 heteroatoms. The third kappa shape index (κ3) is 288. The molecule has 0 saturated carbocycles. The zero-order chi connectivity index (χ0) is 9.00. The van der Waals surface area contributed by atoms with E-state index < -0.39 is 13.4 Å². The number of rotatable bonds is 0. The van der Waals surface area contributed by atoms with E-state index in [2.05, 4.69) is 23.6 Å². The van der Waals surface area contributed by atoms with E-state index in [-0.39, 0.29) is 31.0 Å². The molecule has 0 aliphatic rings. The topological polar surface area (TPSA) is 121 Å². The molecule has 0 bridgehead atoms. The molecule has 0 aliphatic carbocycles. The first-order valence-electron chi connectivity index (χ1n) is 1.57. The number of hydrogen-bond acceptors (Lipinski definition) is 2. The summed E-state index contributed by atoms with van der Waals surface area (Å²) in [4.78, 5) is 45.3. The van der Waals surface area contributed by atoms with E-state index in [4.69, 9.17) is 29.4 Å². The third-order valence-electron chi connectivity index (χ3n) is 0. The van der Waals surface area contributed by atoms with Crippen LogP contribution in [0.2, 0.25) is 0 Å². The van der Waals surface area contributed by atoms with Gasteiger partial charge in [0.25, 0.3) is 0 Å². The Bertz CT molecular complexity index is 136. The Hall–Kier alpha value is 2.06. The molecule has 0 aromatic carbocycles. The Morgan fingerprint density at radius 3 is 0.727 bits per heavy atom. The summed E-state index contributed by atoms with van der Waals surface area (Å²) in [5, 5.41) is 0. The largest absolute Gasteiger partial charge is 1.00 e. The average Bonchev–Trinajstić information content (AvgIpc) is 1.12. The molecule has 66 valence electrons. The molecule has 0 radical (unpaired) electrons. The van der Waals surface area contributed by atoms with Gasteiger partial charge in [-0.3, -0.25) is 0 Å². The fourth-order valence-electron chi connectivity index (χ4n) is 0. The molecule has 0 fully saturated rings. The quantitative estimate of drug-likeness (QED) is 0.188. The minimum Gasteiger partial charge on any atom is -1.00 e. The van der Waals surface area contributed by atoms with Gasteiger partial charge in [0.15, 0.2) is 0 Å². The first-order valence-corrected chi connectivity index (χ1v) is 6.89. The van der Waals surface area contributed by atoms with Crippen LogP contribution in [-0.2, 0) is 23.6 Å². The van der Waals surface area contributed by atoms with Crippen LogP contribution in [-0.4, -0.2) is 29.4 Å². The molecule has 0 heterocycles. The van der Waals surface area contributed by atoms with Crippen LogP contribution in [0.4, 0.5) is 0 Å². The van der Waals surface area contributed by atoms with Crippen molar-refractivity contribution < 1.29 is 60.3 Å². The van der Waals surface area contributed by atoms with Crippen molar-refractivity contribution in [3.63, 3.8) is 0 Å². The van der Waals surface area contributed by atoms with Crippen molar-refractivity contribution in [3.05, 3.63) is 0 Å². The summed E-state index contributed by atoms with van der Waals surface area (Å²) in [5.41, 5.74) is 0. The minimum atomic E-state index is -3.81. The number of hydrogen-bond donors (Lipinski definition) is 6. The average molecular weight is 252 g/mol. The van der Waals surface area contributed by atoms with Gasteiger partial charge in [0.05, 0.1) is 0 Å². The van der Waals surface area contributed by atoms with E-state index in [1.807, 2.05) is 0 Å². The molecular weight excluding hydrogens is 245 g/mol. The van der Waals surface area contributed by atoms with E-state index in [1.54, 1.807) is 0 Å². The van der Waals surface area contributed by atoms with E-state index in [1.165, 1.54) is 0 Å². The van der Waals surface area contributed by atoms with Gasteiger partial charge in [0, 0.05) is 0 Å². The van der Waals surface area contributed by atoms with Gasteiger partial charge in [0.2, 0.25) is 0 Å². The fraction of sp³-hybridized carbons (Fsp3) is 0. The Kier molecular flexibility index (Phi) is 12.7. The molecule has 0 amide bonds. The summed E-state index contributed by atoms with van der Waals surface area (Å²) >= 11 is 7.21. The Balaban J connectivity index is -0.0000000457. The smallest absolute Gasteiger partial charge is 1.00 e. The second-order valence-electron chi connectivity index (χ2n) is 1.03. The van der Waals surface area contributed by atoms with Crippen molar-refractivity contribution in [2.24, 2.45) is 0 Å². The molecule has 0 aromatic heterocycles. The van der Waals surface area contributed by atoms with Crippen LogP contribution < -0.4 is 29.6 Å². The maximum Gasteiger partial charge on any atom is 1.00 e. The summed E-state index contributed by atoms with van der Waals surface area (Å²) in [5.74, 6) is 0. The van der Waals surface area contributed by atoms with Gasteiger partial charge in [0.1, 0.15) is 0 Å². The van der Waals surface area contributed by atoms with Gasteiger partial charge in [-0.05, 0) is 23.6 Å². The van der Waals surface area contributed by atoms with Gasteiger partial charge in [-0.2, -0.15) is 0 Å². The molecule has 0 aromatic rings. The van der Waals surface area contributed by atoms with Crippen molar-refractivity contribution in [1.29, 1.82) is 0 Å². The van der Waals surface area contributed by atoms with Gasteiger partial charge >= 0.3 is 43.0 Å². The van der Waals surface area contributed by atoms with E-state index in [0.29, 0.717) is 0 Å². The van der Waals surface area contributed by atoms with E-state index in [0.717, 1.165) is 0 Å². The Morgan fingerprint density at radius 1 is 0.727 bits per heavy atom. The van der Waals surface area contributed by atoms with Crippen LogP contribution in [0.5, 0.6) is 0 Å². The SMILES string of the molecule is OP(O)(O)=S.OP(O)(O)=S.[H-].[Na+]. The van der Waals surface area contributed by atoms with Gasteiger partial charge in [-0.1, -0.05) is 0 Å². The third-order valence-corrected chi connectivity index (χ3v) is 0. The van der Waals surface area contributed by atoms with Crippen molar-refractivity contribution in [2.75, 3.05) is 0 Å².